The number of para-hydroxylation sites is 1. The number of hydrogen-bond acceptors (Lipinski definition) is 3. The van der Waals surface area contributed by atoms with Crippen LogP contribution in [0.25, 0.3) is 0 Å². The van der Waals surface area contributed by atoms with Crippen molar-refractivity contribution in [3.8, 4) is 5.75 Å². The molecule has 0 radical (unpaired) electrons. The first-order chi connectivity index (χ1) is 6.52. The molecule has 0 spiro atoms. The standard InChI is InChI=1S/C9H10ClNO3/c10-6-3-1-2-5(9(6)14)7(11)4-8(12)13/h1-3,7,14H,4,11H2,(H,12,13). The fraction of sp³-hybridized carbons (Fsp3) is 0.222. The molecule has 4 nitrogen and oxygen atoms in total. The number of benzene rings is 1. The molecule has 0 aliphatic carbocycles. The van der Waals surface area contributed by atoms with E-state index in [-0.39, 0.29) is 17.2 Å². The van der Waals surface area contributed by atoms with Crippen LogP contribution in [0.2, 0.25) is 5.02 Å². The summed E-state index contributed by atoms with van der Waals surface area (Å²) >= 11 is 5.64. The average Bonchev–Trinajstić information content (AvgIpc) is 2.08. The second-order valence-corrected chi connectivity index (χ2v) is 3.29. The Kier molecular flexibility index (Phi) is 3.33. The van der Waals surface area contributed by atoms with Crippen LogP contribution in [0.3, 0.4) is 0 Å². The Hall–Kier alpha value is -1.26. The van der Waals surface area contributed by atoms with Crippen LogP contribution < -0.4 is 5.73 Å². The molecule has 0 amide bonds. The van der Waals surface area contributed by atoms with Crippen molar-refractivity contribution >= 4 is 17.6 Å². The molecule has 76 valence electrons. The summed E-state index contributed by atoms with van der Waals surface area (Å²) in [5.41, 5.74) is 5.91. The summed E-state index contributed by atoms with van der Waals surface area (Å²) in [6, 6.07) is 3.92. The highest BCUT2D eigenvalue weighted by atomic mass is 35.5. The highest BCUT2D eigenvalue weighted by Crippen LogP contribution is 2.31. The lowest BCUT2D eigenvalue weighted by Gasteiger charge is -2.11. The van der Waals surface area contributed by atoms with E-state index in [9.17, 15) is 9.90 Å². The monoisotopic (exact) mass is 215 g/mol. The largest absolute Gasteiger partial charge is 0.506 e. The van der Waals surface area contributed by atoms with E-state index in [1.165, 1.54) is 6.07 Å². The molecule has 0 fully saturated rings. The van der Waals surface area contributed by atoms with Gasteiger partial charge in [0, 0.05) is 11.6 Å². The van der Waals surface area contributed by atoms with Crippen LogP contribution in [0.1, 0.15) is 18.0 Å². The Morgan fingerprint density at radius 1 is 1.57 bits per heavy atom. The van der Waals surface area contributed by atoms with E-state index in [0.717, 1.165) is 0 Å². The molecule has 0 saturated carbocycles. The fourth-order valence-electron chi connectivity index (χ4n) is 1.13. The molecule has 0 heterocycles. The maximum atomic E-state index is 10.4. The summed E-state index contributed by atoms with van der Waals surface area (Å²) in [6.07, 6.45) is -0.242. The van der Waals surface area contributed by atoms with Gasteiger partial charge in [-0.2, -0.15) is 0 Å². The van der Waals surface area contributed by atoms with E-state index < -0.39 is 12.0 Å². The predicted molar refractivity (Wildman–Crippen MR) is 52.3 cm³/mol. The minimum Gasteiger partial charge on any atom is -0.506 e. The van der Waals surface area contributed by atoms with Gasteiger partial charge in [0.1, 0.15) is 5.75 Å². The summed E-state index contributed by atoms with van der Waals surface area (Å²) in [5, 5.41) is 18.2. The zero-order valence-electron chi connectivity index (χ0n) is 7.27. The van der Waals surface area contributed by atoms with Gasteiger partial charge in [-0.1, -0.05) is 23.7 Å². The molecule has 1 atom stereocenters. The number of aromatic hydroxyl groups is 1. The number of halogens is 1. The van der Waals surface area contributed by atoms with Crippen molar-refractivity contribution in [3.05, 3.63) is 28.8 Å². The third-order valence-electron chi connectivity index (χ3n) is 1.81. The minimum atomic E-state index is -1.02. The number of phenolic OH excluding ortho intramolecular Hbond substituents is 1. The van der Waals surface area contributed by atoms with Crippen molar-refractivity contribution in [2.75, 3.05) is 0 Å². The summed E-state index contributed by atoms with van der Waals surface area (Å²) < 4.78 is 0. The molecule has 0 aromatic heterocycles. The Morgan fingerprint density at radius 3 is 2.79 bits per heavy atom. The normalized spacial score (nSPS) is 12.4. The summed E-state index contributed by atoms with van der Waals surface area (Å²) in [7, 11) is 0. The van der Waals surface area contributed by atoms with Crippen LogP contribution >= 0.6 is 11.6 Å². The molecule has 1 aromatic rings. The first kappa shape index (κ1) is 10.8. The molecular formula is C9H10ClNO3. The van der Waals surface area contributed by atoms with Gasteiger partial charge in [0.2, 0.25) is 0 Å². The van der Waals surface area contributed by atoms with Crippen molar-refractivity contribution in [1.29, 1.82) is 0 Å². The maximum Gasteiger partial charge on any atom is 0.305 e. The maximum absolute atomic E-state index is 10.4. The van der Waals surface area contributed by atoms with E-state index in [2.05, 4.69) is 0 Å². The molecule has 0 bridgehead atoms. The Balaban J connectivity index is 2.95. The quantitative estimate of drug-likeness (QED) is 0.714. The van der Waals surface area contributed by atoms with Crippen LogP contribution in [0.4, 0.5) is 0 Å². The minimum absolute atomic E-state index is 0.150. The van der Waals surface area contributed by atoms with E-state index in [4.69, 9.17) is 22.4 Å². The van der Waals surface area contributed by atoms with Gasteiger partial charge in [-0.3, -0.25) is 4.79 Å². The second kappa shape index (κ2) is 4.30. The first-order valence-electron chi connectivity index (χ1n) is 3.97. The number of carboxylic acids is 1. The lowest BCUT2D eigenvalue weighted by molar-refractivity contribution is -0.137. The molecule has 1 rings (SSSR count). The van der Waals surface area contributed by atoms with Crippen LogP contribution in [0.15, 0.2) is 18.2 Å². The van der Waals surface area contributed by atoms with Gasteiger partial charge in [-0.25, -0.2) is 0 Å². The zero-order chi connectivity index (χ0) is 10.7. The molecule has 0 aliphatic heterocycles. The van der Waals surface area contributed by atoms with E-state index in [1.54, 1.807) is 12.1 Å². The van der Waals surface area contributed by atoms with Gasteiger partial charge in [0.15, 0.2) is 0 Å². The third kappa shape index (κ3) is 2.37. The number of carboxylic acid groups (broad SMARTS) is 1. The molecule has 1 unspecified atom stereocenters. The van der Waals surface area contributed by atoms with Crippen molar-refractivity contribution < 1.29 is 15.0 Å². The number of carbonyl (C=O) groups is 1. The van der Waals surface area contributed by atoms with Crippen LogP contribution in [-0.2, 0) is 4.79 Å². The number of nitrogens with two attached hydrogens (primary N) is 1. The first-order valence-corrected chi connectivity index (χ1v) is 4.35. The van der Waals surface area contributed by atoms with Gasteiger partial charge in [0.25, 0.3) is 0 Å². The van der Waals surface area contributed by atoms with Crippen LogP contribution in [0, 0.1) is 0 Å². The van der Waals surface area contributed by atoms with Gasteiger partial charge >= 0.3 is 5.97 Å². The SMILES string of the molecule is NC(CC(=O)O)c1cccc(Cl)c1O. The molecule has 14 heavy (non-hydrogen) atoms. The Bertz CT molecular complexity index is 354. The second-order valence-electron chi connectivity index (χ2n) is 2.88. The van der Waals surface area contributed by atoms with Gasteiger partial charge in [-0.05, 0) is 6.07 Å². The van der Waals surface area contributed by atoms with Gasteiger partial charge in [-0.15, -0.1) is 0 Å². The molecule has 1 aromatic carbocycles. The molecule has 0 saturated heterocycles. The van der Waals surface area contributed by atoms with Crippen molar-refractivity contribution in [2.45, 2.75) is 12.5 Å². The van der Waals surface area contributed by atoms with Gasteiger partial charge < -0.3 is 15.9 Å². The summed E-state index contributed by atoms with van der Waals surface area (Å²) in [4.78, 5) is 10.4. The van der Waals surface area contributed by atoms with Crippen LogP contribution in [-0.4, -0.2) is 16.2 Å². The van der Waals surface area contributed by atoms with E-state index >= 15 is 0 Å². The topological polar surface area (TPSA) is 83.6 Å². The number of rotatable bonds is 3. The van der Waals surface area contributed by atoms with E-state index in [1.807, 2.05) is 0 Å². The number of phenols is 1. The zero-order valence-corrected chi connectivity index (χ0v) is 8.03. The lowest BCUT2D eigenvalue weighted by atomic mass is 10.0. The molecule has 4 N–H and O–H groups in total. The van der Waals surface area contributed by atoms with Gasteiger partial charge in [0.05, 0.1) is 11.4 Å². The van der Waals surface area contributed by atoms with Crippen molar-refractivity contribution in [2.24, 2.45) is 5.73 Å². The summed E-state index contributed by atoms with van der Waals surface area (Å²) in [6.45, 7) is 0. The lowest BCUT2D eigenvalue weighted by Crippen LogP contribution is -2.15. The van der Waals surface area contributed by atoms with Crippen LogP contribution in [0.5, 0.6) is 5.75 Å². The van der Waals surface area contributed by atoms with Crippen molar-refractivity contribution in [1.82, 2.24) is 0 Å². The number of aliphatic carboxylic acids is 1. The summed E-state index contributed by atoms with van der Waals surface area (Å²) in [5.74, 6) is -1.17. The Morgan fingerprint density at radius 2 is 2.21 bits per heavy atom. The Labute approximate surface area is 85.9 Å². The highest BCUT2D eigenvalue weighted by molar-refractivity contribution is 6.32. The average molecular weight is 216 g/mol. The fourth-order valence-corrected chi connectivity index (χ4v) is 1.31. The number of hydrogen-bond donors (Lipinski definition) is 3. The predicted octanol–water partition coefficient (Wildman–Crippen LogP) is 1.52. The smallest absolute Gasteiger partial charge is 0.305 e. The molecule has 5 heteroatoms. The molecular weight excluding hydrogens is 206 g/mol. The van der Waals surface area contributed by atoms with Crippen molar-refractivity contribution in [3.63, 3.8) is 0 Å². The van der Waals surface area contributed by atoms with E-state index in [0.29, 0.717) is 5.56 Å². The third-order valence-corrected chi connectivity index (χ3v) is 2.12. The molecule has 0 aliphatic rings. The highest BCUT2D eigenvalue weighted by Gasteiger charge is 2.15.